The lowest BCUT2D eigenvalue weighted by Gasteiger charge is -2.07. The van der Waals surface area contributed by atoms with Gasteiger partial charge in [-0.3, -0.25) is 0 Å². The number of halogens is 2. The molecule has 0 aliphatic carbocycles. The molecule has 0 saturated heterocycles. The number of hydrogen-bond donors (Lipinski definition) is 1. The van der Waals surface area contributed by atoms with Crippen LogP contribution in [0.4, 0.5) is 8.78 Å². The summed E-state index contributed by atoms with van der Waals surface area (Å²) < 4.78 is 26.5. The highest BCUT2D eigenvalue weighted by atomic mass is 19.1. The zero-order valence-corrected chi connectivity index (χ0v) is 8.65. The Balaban J connectivity index is 2.68. The van der Waals surface area contributed by atoms with Gasteiger partial charge in [0.15, 0.2) is 0 Å². The fourth-order valence-corrected chi connectivity index (χ4v) is 1.61. The van der Waals surface area contributed by atoms with Gasteiger partial charge in [0.2, 0.25) is 0 Å². The van der Waals surface area contributed by atoms with E-state index < -0.39 is 17.6 Å². The van der Waals surface area contributed by atoms with Gasteiger partial charge in [-0.15, -0.1) is 0 Å². The van der Waals surface area contributed by atoms with Crippen molar-refractivity contribution in [1.82, 2.24) is 0 Å². The summed E-state index contributed by atoms with van der Waals surface area (Å²) in [6.07, 6.45) is 0. The largest absolute Gasteiger partial charge is 0.478 e. The average Bonchev–Trinajstić information content (AvgIpc) is 2.30. The first-order valence-electron chi connectivity index (χ1n) is 4.87. The summed E-state index contributed by atoms with van der Waals surface area (Å²) in [5, 5.41) is 8.95. The van der Waals surface area contributed by atoms with E-state index in [1.807, 2.05) is 0 Å². The minimum Gasteiger partial charge on any atom is -0.478 e. The Hall–Kier alpha value is -2.23. The topological polar surface area (TPSA) is 37.3 Å². The highest BCUT2D eigenvalue weighted by Gasteiger charge is 2.15. The second kappa shape index (κ2) is 4.33. The predicted octanol–water partition coefficient (Wildman–Crippen LogP) is 3.33. The van der Waals surface area contributed by atoms with Crippen molar-refractivity contribution in [2.24, 2.45) is 0 Å². The molecule has 4 heteroatoms. The van der Waals surface area contributed by atoms with E-state index in [9.17, 15) is 13.6 Å². The van der Waals surface area contributed by atoms with Crippen LogP contribution in [-0.2, 0) is 0 Å². The molecule has 0 heterocycles. The Labute approximate surface area is 96.1 Å². The van der Waals surface area contributed by atoms with E-state index in [-0.39, 0.29) is 16.7 Å². The van der Waals surface area contributed by atoms with Crippen LogP contribution in [0.5, 0.6) is 0 Å². The maximum atomic E-state index is 13.5. The Morgan fingerprint density at radius 2 is 1.71 bits per heavy atom. The van der Waals surface area contributed by atoms with Gasteiger partial charge in [-0.25, -0.2) is 13.6 Å². The Kier molecular flexibility index (Phi) is 2.87. The second-order valence-corrected chi connectivity index (χ2v) is 3.47. The Bertz CT molecular complexity index is 579. The zero-order valence-electron chi connectivity index (χ0n) is 8.65. The van der Waals surface area contributed by atoms with E-state index in [1.165, 1.54) is 24.3 Å². The normalized spacial score (nSPS) is 10.2. The molecule has 0 saturated carbocycles. The molecule has 1 N–H and O–H groups in total. The van der Waals surface area contributed by atoms with Gasteiger partial charge in [0.1, 0.15) is 11.6 Å². The number of hydrogen-bond acceptors (Lipinski definition) is 1. The van der Waals surface area contributed by atoms with E-state index in [2.05, 4.69) is 0 Å². The van der Waals surface area contributed by atoms with Crippen LogP contribution in [0, 0.1) is 11.6 Å². The van der Waals surface area contributed by atoms with Crippen LogP contribution in [0.3, 0.4) is 0 Å². The smallest absolute Gasteiger partial charge is 0.336 e. The molecule has 0 amide bonds. The third-order valence-electron chi connectivity index (χ3n) is 2.38. The van der Waals surface area contributed by atoms with Crippen molar-refractivity contribution in [1.29, 1.82) is 0 Å². The molecule has 2 aromatic rings. The Morgan fingerprint density at radius 1 is 1.00 bits per heavy atom. The third-order valence-corrected chi connectivity index (χ3v) is 2.38. The Morgan fingerprint density at radius 3 is 2.35 bits per heavy atom. The van der Waals surface area contributed by atoms with E-state index in [4.69, 9.17) is 5.11 Å². The summed E-state index contributed by atoms with van der Waals surface area (Å²) in [5.41, 5.74) is 0.0528. The maximum absolute atomic E-state index is 13.5. The molecule has 17 heavy (non-hydrogen) atoms. The van der Waals surface area contributed by atoms with Gasteiger partial charge >= 0.3 is 5.97 Å². The van der Waals surface area contributed by atoms with Gasteiger partial charge in [0.25, 0.3) is 0 Å². The first-order chi connectivity index (χ1) is 8.09. The quantitative estimate of drug-likeness (QED) is 0.865. The SMILES string of the molecule is O=C(O)c1cc(F)ccc1-c1ccccc1F. The summed E-state index contributed by atoms with van der Waals surface area (Å²) in [4.78, 5) is 11.0. The number of benzene rings is 2. The number of carboxylic acid groups (broad SMARTS) is 1. The zero-order chi connectivity index (χ0) is 12.4. The van der Waals surface area contributed by atoms with Crippen molar-refractivity contribution in [2.45, 2.75) is 0 Å². The van der Waals surface area contributed by atoms with Crippen LogP contribution in [-0.4, -0.2) is 11.1 Å². The third kappa shape index (κ3) is 2.15. The van der Waals surface area contributed by atoms with Gasteiger partial charge < -0.3 is 5.11 Å². The summed E-state index contributed by atoms with van der Waals surface area (Å²) in [6.45, 7) is 0. The molecule has 2 rings (SSSR count). The highest BCUT2D eigenvalue weighted by Crippen LogP contribution is 2.26. The van der Waals surface area contributed by atoms with E-state index >= 15 is 0 Å². The van der Waals surface area contributed by atoms with Crippen LogP contribution in [0.2, 0.25) is 0 Å². The van der Waals surface area contributed by atoms with E-state index in [0.717, 1.165) is 12.1 Å². The molecule has 0 spiro atoms. The molecular formula is C13H8F2O2. The van der Waals surface area contributed by atoms with Gasteiger partial charge in [-0.05, 0) is 23.8 Å². The monoisotopic (exact) mass is 234 g/mol. The first-order valence-corrected chi connectivity index (χ1v) is 4.87. The number of carboxylic acids is 1. The fraction of sp³-hybridized carbons (Fsp3) is 0. The van der Waals surface area contributed by atoms with Crippen LogP contribution in [0.25, 0.3) is 11.1 Å². The van der Waals surface area contributed by atoms with Gasteiger partial charge in [-0.2, -0.15) is 0 Å². The van der Waals surface area contributed by atoms with Crippen molar-refractivity contribution in [3.05, 3.63) is 59.7 Å². The van der Waals surface area contributed by atoms with Crippen LogP contribution in [0.1, 0.15) is 10.4 Å². The number of aromatic carboxylic acids is 1. The summed E-state index contributed by atoms with van der Waals surface area (Å²) in [7, 11) is 0. The van der Waals surface area contributed by atoms with E-state index in [1.54, 1.807) is 6.07 Å². The molecule has 0 fully saturated rings. The lowest BCUT2D eigenvalue weighted by atomic mass is 9.99. The molecule has 2 aromatic carbocycles. The molecule has 0 aromatic heterocycles. The standard InChI is InChI=1S/C13H8F2O2/c14-8-5-6-9(11(7-8)13(16)17)10-3-1-2-4-12(10)15/h1-7H,(H,16,17). The van der Waals surface area contributed by atoms with Gasteiger partial charge in [0.05, 0.1) is 5.56 Å². The minimum atomic E-state index is -1.29. The maximum Gasteiger partial charge on any atom is 0.336 e. The first kappa shape index (κ1) is 11.3. The fourth-order valence-electron chi connectivity index (χ4n) is 1.61. The molecule has 0 unspecified atom stereocenters. The van der Waals surface area contributed by atoms with Crippen LogP contribution in [0.15, 0.2) is 42.5 Å². The van der Waals surface area contributed by atoms with Crippen LogP contribution < -0.4 is 0 Å². The van der Waals surface area contributed by atoms with Crippen molar-refractivity contribution < 1.29 is 18.7 Å². The lowest BCUT2D eigenvalue weighted by Crippen LogP contribution is -2.01. The van der Waals surface area contributed by atoms with Gasteiger partial charge in [-0.1, -0.05) is 24.3 Å². The summed E-state index contributed by atoms with van der Waals surface area (Å²) >= 11 is 0. The predicted molar refractivity (Wildman–Crippen MR) is 58.8 cm³/mol. The average molecular weight is 234 g/mol. The van der Waals surface area contributed by atoms with Gasteiger partial charge in [0, 0.05) is 5.56 Å². The molecule has 0 atom stereocenters. The lowest BCUT2D eigenvalue weighted by molar-refractivity contribution is 0.0697. The molecule has 2 nitrogen and oxygen atoms in total. The van der Waals surface area contributed by atoms with Crippen molar-refractivity contribution in [2.75, 3.05) is 0 Å². The summed E-state index contributed by atoms with van der Waals surface area (Å²) in [6, 6.07) is 9.02. The molecule has 0 bridgehead atoms. The van der Waals surface area contributed by atoms with Crippen LogP contribution >= 0.6 is 0 Å². The molecule has 0 radical (unpaired) electrons. The highest BCUT2D eigenvalue weighted by molar-refractivity contribution is 5.96. The van der Waals surface area contributed by atoms with E-state index in [0.29, 0.717) is 0 Å². The number of carbonyl (C=O) groups is 1. The van der Waals surface area contributed by atoms with Crippen molar-refractivity contribution in [3.63, 3.8) is 0 Å². The molecule has 0 aliphatic heterocycles. The summed E-state index contributed by atoms with van der Waals surface area (Å²) in [5.74, 6) is -2.49. The molecule has 86 valence electrons. The minimum absolute atomic E-state index is 0.143. The molecule has 0 aliphatic rings. The van der Waals surface area contributed by atoms with Crippen molar-refractivity contribution in [3.8, 4) is 11.1 Å². The van der Waals surface area contributed by atoms with Crippen molar-refractivity contribution >= 4 is 5.97 Å². The molecular weight excluding hydrogens is 226 g/mol. The number of rotatable bonds is 2. The second-order valence-electron chi connectivity index (χ2n) is 3.47.